The van der Waals surface area contributed by atoms with Crippen LogP contribution in [-0.2, 0) is 6.42 Å². The summed E-state index contributed by atoms with van der Waals surface area (Å²) in [5, 5.41) is 38.0. The Bertz CT molecular complexity index is 461. The van der Waals surface area contributed by atoms with E-state index in [4.69, 9.17) is 21.1 Å². The normalized spacial score (nSPS) is 10.6. The van der Waals surface area contributed by atoms with Gasteiger partial charge in [-0.1, -0.05) is 0 Å². The molecule has 0 bridgehead atoms. The largest absolute Gasteiger partial charge is 0.398 e. The molecule has 8 nitrogen and oxygen atoms in total. The van der Waals surface area contributed by atoms with Crippen LogP contribution in [0.1, 0.15) is 5.56 Å². The number of hydrogen-bond donors (Lipinski definition) is 4. The van der Waals surface area contributed by atoms with Gasteiger partial charge in [-0.3, -0.25) is 10.1 Å². The van der Waals surface area contributed by atoms with E-state index in [0.717, 1.165) is 0 Å². The van der Waals surface area contributed by atoms with E-state index in [2.05, 4.69) is 0 Å². The number of hydrogen-bond acceptors (Lipinski definition) is 7. The van der Waals surface area contributed by atoms with Crippen LogP contribution >= 0.6 is 0 Å². The Kier molecular flexibility index (Phi) is 6.16. The first kappa shape index (κ1) is 16.2. The Hall–Kier alpha value is -1.90. The maximum absolute atomic E-state index is 11.1. The second-order valence-corrected chi connectivity index (χ2v) is 4.20. The maximum Gasteiger partial charge on any atom is 0.276 e. The molecule has 0 aliphatic heterocycles. The van der Waals surface area contributed by atoms with E-state index in [1.54, 1.807) is 11.0 Å². The lowest BCUT2D eigenvalue weighted by Crippen LogP contribution is -2.29. The predicted molar refractivity (Wildman–Crippen MR) is 74.7 cm³/mol. The van der Waals surface area contributed by atoms with E-state index in [1.165, 1.54) is 6.07 Å². The van der Waals surface area contributed by atoms with Crippen molar-refractivity contribution in [1.82, 2.24) is 0 Å². The van der Waals surface area contributed by atoms with Gasteiger partial charge in [0.15, 0.2) is 0 Å². The van der Waals surface area contributed by atoms with Crippen molar-refractivity contribution >= 4 is 17.1 Å². The van der Waals surface area contributed by atoms with Gasteiger partial charge in [0.25, 0.3) is 5.69 Å². The molecule has 0 heterocycles. The number of rotatable bonds is 8. The highest BCUT2D eigenvalue weighted by Gasteiger charge is 2.20. The SMILES string of the molecule is Nc1cc(N(CCO)CCO)cc([N+](=O)[O-])c1CCO. The molecular formula is C12H19N3O5. The molecule has 0 radical (unpaired) electrons. The fourth-order valence-electron chi connectivity index (χ4n) is 2.00. The first-order chi connectivity index (χ1) is 9.54. The van der Waals surface area contributed by atoms with Crippen molar-refractivity contribution in [2.45, 2.75) is 6.42 Å². The number of anilines is 2. The first-order valence-corrected chi connectivity index (χ1v) is 6.19. The van der Waals surface area contributed by atoms with Crippen LogP contribution in [0.5, 0.6) is 0 Å². The minimum Gasteiger partial charge on any atom is -0.398 e. The van der Waals surface area contributed by atoms with E-state index in [9.17, 15) is 10.1 Å². The Labute approximate surface area is 116 Å². The Morgan fingerprint density at radius 2 is 1.75 bits per heavy atom. The van der Waals surface area contributed by atoms with Crippen LogP contribution in [0, 0.1) is 10.1 Å². The monoisotopic (exact) mass is 285 g/mol. The lowest BCUT2D eigenvalue weighted by atomic mass is 10.1. The average molecular weight is 285 g/mol. The van der Waals surface area contributed by atoms with Gasteiger partial charge < -0.3 is 26.0 Å². The fourth-order valence-corrected chi connectivity index (χ4v) is 2.00. The number of nitro benzene ring substituents is 1. The van der Waals surface area contributed by atoms with Gasteiger partial charge in [-0.15, -0.1) is 0 Å². The van der Waals surface area contributed by atoms with Crippen molar-refractivity contribution in [2.75, 3.05) is 43.5 Å². The van der Waals surface area contributed by atoms with Gasteiger partial charge in [0.05, 0.1) is 23.7 Å². The zero-order valence-corrected chi connectivity index (χ0v) is 11.0. The molecule has 1 aromatic rings. The van der Waals surface area contributed by atoms with Gasteiger partial charge in [0.2, 0.25) is 0 Å². The third-order valence-corrected chi connectivity index (χ3v) is 2.91. The third-order valence-electron chi connectivity index (χ3n) is 2.91. The number of benzene rings is 1. The molecule has 0 aromatic heterocycles. The molecule has 20 heavy (non-hydrogen) atoms. The van der Waals surface area contributed by atoms with Gasteiger partial charge in [-0.25, -0.2) is 0 Å². The lowest BCUT2D eigenvalue weighted by molar-refractivity contribution is -0.385. The second kappa shape index (κ2) is 7.63. The van der Waals surface area contributed by atoms with Crippen molar-refractivity contribution in [3.63, 3.8) is 0 Å². The van der Waals surface area contributed by atoms with Crippen LogP contribution in [-0.4, -0.2) is 53.2 Å². The average Bonchev–Trinajstić information content (AvgIpc) is 2.40. The van der Waals surface area contributed by atoms with Crippen molar-refractivity contribution in [3.8, 4) is 0 Å². The summed E-state index contributed by atoms with van der Waals surface area (Å²) in [4.78, 5) is 12.1. The van der Waals surface area contributed by atoms with E-state index < -0.39 is 4.92 Å². The first-order valence-electron chi connectivity index (χ1n) is 6.19. The van der Waals surface area contributed by atoms with Crippen LogP contribution in [0.3, 0.4) is 0 Å². The smallest absolute Gasteiger partial charge is 0.276 e. The molecule has 5 N–H and O–H groups in total. The molecule has 8 heteroatoms. The summed E-state index contributed by atoms with van der Waals surface area (Å²) < 4.78 is 0. The highest BCUT2D eigenvalue weighted by atomic mass is 16.6. The molecule has 0 fully saturated rings. The maximum atomic E-state index is 11.1. The summed E-state index contributed by atoms with van der Waals surface area (Å²) in [7, 11) is 0. The van der Waals surface area contributed by atoms with Crippen molar-refractivity contribution in [3.05, 3.63) is 27.8 Å². The van der Waals surface area contributed by atoms with E-state index >= 15 is 0 Å². The van der Waals surface area contributed by atoms with Crippen LogP contribution in [0.15, 0.2) is 12.1 Å². The number of nitrogen functional groups attached to an aromatic ring is 1. The Balaban J connectivity index is 3.24. The molecule has 1 rings (SSSR count). The van der Waals surface area contributed by atoms with E-state index in [-0.39, 0.29) is 56.3 Å². The molecular weight excluding hydrogens is 266 g/mol. The van der Waals surface area contributed by atoms with Gasteiger partial charge in [0.1, 0.15) is 0 Å². The quantitative estimate of drug-likeness (QED) is 0.287. The minimum atomic E-state index is -0.555. The molecule has 0 saturated carbocycles. The predicted octanol–water partition coefficient (Wildman–Crippen LogP) is -0.497. The molecule has 112 valence electrons. The molecule has 0 aliphatic rings. The molecule has 0 aliphatic carbocycles. The standard InChI is InChI=1S/C12H19N3O5/c13-11-7-9(14(2-5-17)3-6-18)8-12(15(19)20)10(11)1-4-16/h7-8,16-18H,1-6,13H2. The van der Waals surface area contributed by atoms with Gasteiger partial charge in [-0.05, 0) is 6.07 Å². The molecule has 1 aromatic carbocycles. The number of nitrogens with zero attached hydrogens (tertiary/aromatic N) is 2. The molecule has 0 unspecified atom stereocenters. The van der Waals surface area contributed by atoms with E-state index in [0.29, 0.717) is 5.69 Å². The zero-order valence-electron chi connectivity index (χ0n) is 11.0. The van der Waals surface area contributed by atoms with E-state index in [1.807, 2.05) is 0 Å². The summed E-state index contributed by atoms with van der Waals surface area (Å²) >= 11 is 0. The summed E-state index contributed by atoms with van der Waals surface area (Å²) in [6.45, 7) is -0.0629. The highest BCUT2D eigenvalue weighted by molar-refractivity contribution is 5.68. The number of aliphatic hydroxyl groups is 3. The summed E-state index contributed by atoms with van der Waals surface area (Å²) in [6, 6.07) is 2.88. The van der Waals surface area contributed by atoms with Crippen LogP contribution in [0.25, 0.3) is 0 Å². The topological polar surface area (TPSA) is 133 Å². The Morgan fingerprint density at radius 1 is 1.15 bits per heavy atom. The molecule has 0 saturated heterocycles. The molecule has 0 atom stereocenters. The second-order valence-electron chi connectivity index (χ2n) is 4.20. The van der Waals surface area contributed by atoms with Gasteiger partial charge in [0, 0.05) is 43.6 Å². The van der Waals surface area contributed by atoms with Gasteiger partial charge in [-0.2, -0.15) is 0 Å². The zero-order chi connectivity index (χ0) is 15.1. The van der Waals surface area contributed by atoms with Crippen LogP contribution in [0.4, 0.5) is 17.1 Å². The van der Waals surface area contributed by atoms with Crippen molar-refractivity contribution < 1.29 is 20.2 Å². The highest BCUT2D eigenvalue weighted by Crippen LogP contribution is 2.31. The van der Waals surface area contributed by atoms with Crippen molar-refractivity contribution in [1.29, 1.82) is 0 Å². The minimum absolute atomic E-state index is 0.0996. The Morgan fingerprint density at radius 3 is 2.20 bits per heavy atom. The van der Waals surface area contributed by atoms with Gasteiger partial charge >= 0.3 is 0 Å². The third kappa shape index (κ3) is 3.80. The fraction of sp³-hybridized carbons (Fsp3) is 0.500. The number of nitro groups is 1. The number of nitrogens with two attached hydrogens (primary N) is 1. The van der Waals surface area contributed by atoms with Crippen molar-refractivity contribution in [2.24, 2.45) is 0 Å². The summed E-state index contributed by atoms with van der Waals surface area (Å²) in [5.74, 6) is 0. The lowest BCUT2D eigenvalue weighted by Gasteiger charge is -2.23. The van der Waals surface area contributed by atoms with Crippen LogP contribution in [0.2, 0.25) is 0 Å². The molecule has 0 spiro atoms. The van der Waals surface area contributed by atoms with Crippen LogP contribution < -0.4 is 10.6 Å². The summed E-state index contributed by atoms with van der Waals surface area (Å²) in [6.07, 6.45) is 0.0996. The number of aliphatic hydroxyl groups excluding tert-OH is 3. The summed E-state index contributed by atoms with van der Waals surface area (Å²) in [5.41, 5.74) is 6.59. The molecule has 0 amide bonds.